The highest BCUT2D eigenvalue weighted by molar-refractivity contribution is 5.73. The first-order valence-corrected chi connectivity index (χ1v) is 9.59. The highest BCUT2D eigenvalue weighted by Gasteiger charge is 2.28. The molecule has 0 spiro atoms. The summed E-state index contributed by atoms with van der Waals surface area (Å²) in [5.41, 5.74) is 1.93. The molecule has 0 radical (unpaired) electrons. The molecule has 0 unspecified atom stereocenters. The second kappa shape index (κ2) is 8.43. The molecule has 0 fully saturated rings. The lowest BCUT2D eigenvalue weighted by atomic mass is 9.95. The molecule has 3 aromatic rings. The van der Waals surface area contributed by atoms with E-state index in [2.05, 4.69) is 34.0 Å². The SMILES string of the molecule is CC(C)Cc1nc(-c2ccc(-c3ccc(OCC(C)(C)C(=O)O)nc3)cc2)n[nH]1. The standard InChI is InChI=1S/C22H26N4O3/c1-14(2)11-18-24-20(26-25-18)16-7-5-15(6-8-16)17-9-10-19(23-12-17)29-13-22(3,4)21(27)28/h5-10,12,14H,11,13H2,1-4H3,(H,27,28)(H,24,25,26). The molecule has 0 saturated carbocycles. The first-order chi connectivity index (χ1) is 13.7. The lowest BCUT2D eigenvalue weighted by Crippen LogP contribution is -2.30. The van der Waals surface area contributed by atoms with Crippen molar-refractivity contribution in [1.29, 1.82) is 0 Å². The number of hydrogen-bond acceptors (Lipinski definition) is 5. The lowest BCUT2D eigenvalue weighted by molar-refractivity contribution is -0.148. The molecule has 7 nitrogen and oxygen atoms in total. The van der Waals surface area contributed by atoms with Gasteiger partial charge >= 0.3 is 5.97 Å². The number of aromatic nitrogens is 4. The van der Waals surface area contributed by atoms with Crippen LogP contribution < -0.4 is 4.74 Å². The Bertz CT molecular complexity index is 960. The number of carbonyl (C=O) groups is 1. The maximum Gasteiger partial charge on any atom is 0.312 e. The number of nitrogens with one attached hydrogen (secondary N) is 1. The Morgan fingerprint density at radius 3 is 2.34 bits per heavy atom. The molecule has 2 heterocycles. The van der Waals surface area contributed by atoms with Crippen LogP contribution in [0, 0.1) is 11.3 Å². The summed E-state index contributed by atoms with van der Waals surface area (Å²) in [6, 6.07) is 11.6. The van der Waals surface area contributed by atoms with Crippen molar-refractivity contribution in [3.05, 3.63) is 48.4 Å². The number of carboxylic acids is 1. The summed E-state index contributed by atoms with van der Waals surface area (Å²) >= 11 is 0. The van der Waals surface area contributed by atoms with E-state index in [-0.39, 0.29) is 6.61 Å². The Kier molecular flexibility index (Phi) is 5.96. The fourth-order valence-corrected chi connectivity index (χ4v) is 2.67. The second-order valence-electron chi connectivity index (χ2n) is 8.14. The fraction of sp³-hybridized carbons (Fsp3) is 0.364. The van der Waals surface area contributed by atoms with Crippen molar-refractivity contribution >= 4 is 5.97 Å². The van der Waals surface area contributed by atoms with Crippen LogP contribution in [0.25, 0.3) is 22.5 Å². The molecule has 0 aliphatic rings. The Labute approximate surface area is 170 Å². The number of rotatable bonds is 8. The molecule has 152 valence electrons. The van der Waals surface area contributed by atoms with Crippen molar-refractivity contribution in [2.75, 3.05) is 6.61 Å². The zero-order valence-electron chi connectivity index (χ0n) is 17.1. The van der Waals surface area contributed by atoms with Gasteiger partial charge in [0.25, 0.3) is 0 Å². The number of aliphatic carboxylic acids is 1. The summed E-state index contributed by atoms with van der Waals surface area (Å²) in [5.74, 6) is 1.60. The van der Waals surface area contributed by atoms with Gasteiger partial charge in [0.05, 0.1) is 5.41 Å². The van der Waals surface area contributed by atoms with Gasteiger partial charge in [0.2, 0.25) is 5.88 Å². The Morgan fingerprint density at radius 2 is 1.76 bits per heavy atom. The van der Waals surface area contributed by atoms with E-state index in [0.717, 1.165) is 28.9 Å². The van der Waals surface area contributed by atoms with Gasteiger partial charge in [-0.15, -0.1) is 0 Å². The van der Waals surface area contributed by atoms with E-state index < -0.39 is 11.4 Å². The van der Waals surface area contributed by atoms with Crippen LogP contribution in [0.2, 0.25) is 0 Å². The molecule has 2 aromatic heterocycles. The van der Waals surface area contributed by atoms with Gasteiger partial charge in [-0.2, -0.15) is 5.10 Å². The number of pyridine rings is 1. The van der Waals surface area contributed by atoms with E-state index in [1.165, 1.54) is 0 Å². The number of carboxylic acid groups (broad SMARTS) is 1. The normalized spacial score (nSPS) is 11.6. The fourth-order valence-electron chi connectivity index (χ4n) is 2.67. The van der Waals surface area contributed by atoms with E-state index in [1.54, 1.807) is 26.1 Å². The van der Waals surface area contributed by atoms with Gasteiger partial charge in [0, 0.05) is 29.8 Å². The first-order valence-electron chi connectivity index (χ1n) is 9.59. The van der Waals surface area contributed by atoms with Crippen LogP contribution in [-0.2, 0) is 11.2 Å². The van der Waals surface area contributed by atoms with Gasteiger partial charge in [-0.3, -0.25) is 9.89 Å². The van der Waals surface area contributed by atoms with E-state index in [0.29, 0.717) is 17.6 Å². The minimum atomic E-state index is -0.967. The highest BCUT2D eigenvalue weighted by Crippen LogP contribution is 2.25. The van der Waals surface area contributed by atoms with Crippen LogP contribution in [0.4, 0.5) is 0 Å². The quantitative estimate of drug-likeness (QED) is 0.593. The van der Waals surface area contributed by atoms with Gasteiger partial charge in [0.15, 0.2) is 5.82 Å². The maximum absolute atomic E-state index is 11.1. The van der Waals surface area contributed by atoms with Crippen molar-refractivity contribution in [3.8, 4) is 28.4 Å². The molecule has 0 bridgehead atoms. The molecular weight excluding hydrogens is 368 g/mol. The van der Waals surface area contributed by atoms with Crippen LogP contribution in [0.3, 0.4) is 0 Å². The van der Waals surface area contributed by atoms with E-state index in [1.807, 2.05) is 30.3 Å². The topological polar surface area (TPSA) is 101 Å². The number of nitrogens with zero attached hydrogens (tertiary/aromatic N) is 3. The summed E-state index contributed by atoms with van der Waals surface area (Å²) in [6.45, 7) is 7.58. The third kappa shape index (κ3) is 5.19. The van der Waals surface area contributed by atoms with Crippen LogP contribution in [0.15, 0.2) is 42.6 Å². The van der Waals surface area contributed by atoms with Gasteiger partial charge in [-0.1, -0.05) is 38.1 Å². The van der Waals surface area contributed by atoms with Crippen molar-refractivity contribution in [1.82, 2.24) is 20.2 Å². The molecule has 7 heteroatoms. The average Bonchev–Trinajstić information content (AvgIpc) is 3.14. The average molecular weight is 394 g/mol. The second-order valence-corrected chi connectivity index (χ2v) is 8.14. The van der Waals surface area contributed by atoms with E-state index in [9.17, 15) is 4.79 Å². The predicted molar refractivity (Wildman–Crippen MR) is 111 cm³/mol. The Morgan fingerprint density at radius 1 is 1.10 bits per heavy atom. The van der Waals surface area contributed by atoms with E-state index >= 15 is 0 Å². The highest BCUT2D eigenvalue weighted by atomic mass is 16.5. The number of aromatic amines is 1. The van der Waals surface area contributed by atoms with E-state index in [4.69, 9.17) is 9.84 Å². The van der Waals surface area contributed by atoms with Gasteiger partial charge in [-0.05, 0) is 31.4 Å². The third-order valence-electron chi connectivity index (χ3n) is 4.51. The number of benzene rings is 1. The van der Waals surface area contributed by atoms with Crippen molar-refractivity contribution in [2.45, 2.75) is 34.1 Å². The molecular formula is C22H26N4O3. The predicted octanol–water partition coefficient (Wildman–Crippen LogP) is 4.22. The van der Waals surface area contributed by atoms with Crippen LogP contribution >= 0.6 is 0 Å². The van der Waals surface area contributed by atoms with Gasteiger partial charge in [-0.25, -0.2) is 9.97 Å². The van der Waals surface area contributed by atoms with Crippen LogP contribution in [0.1, 0.15) is 33.5 Å². The first kappa shape index (κ1) is 20.5. The smallest absolute Gasteiger partial charge is 0.312 e. The molecule has 0 aliphatic heterocycles. The molecule has 2 N–H and O–H groups in total. The summed E-state index contributed by atoms with van der Waals surface area (Å²) in [4.78, 5) is 20.0. The van der Waals surface area contributed by atoms with Gasteiger partial charge in [0.1, 0.15) is 12.4 Å². The summed E-state index contributed by atoms with van der Waals surface area (Å²) in [5, 5.41) is 16.4. The zero-order chi connectivity index (χ0) is 21.0. The molecule has 0 saturated heterocycles. The maximum atomic E-state index is 11.1. The van der Waals surface area contributed by atoms with Crippen molar-refractivity contribution in [2.24, 2.45) is 11.3 Å². The lowest BCUT2D eigenvalue weighted by Gasteiger charge is -2.18. The number of hydrogen-bond donors (Lipinski definition) is 2. The molecule has 1 aromatic carbocycles. The number of H-pyrrole nitrogens is 1. The number of ether oxygens (including phenoxy) is 1. The Hall–Kier alpha value is -3.22. The zero-order valence-corrected chi connectivity index (χ0v) is 17.1. The van der Waals surface area contributed by atoms with Crippen LogP contribution in [0.5, 0.6) is 5.88 Å². The summed E-state index contributed by atoms with van der Waals surface area (Å²) in [7, 11) is 0. The van der Waals surface area contributed by atoms with Crippen LogP contribution in [-0.4, -0.2) is 37.8 Å². The molecule has 0 amide bonds. The minimum absolute atomic E-state index is 0.0544. The largest absolute Gasteiger partial charge is 0.481 e. The van der Waals surface area contributed by atoms with Crippen molar-refractivity contribution < 1.29 is 14.6 Å². The molecule has 0 aliphatic carbocycles. The molecule has 3 rings (SSSR count). The Balaban J connectivity index is 1.67. The minimum Gasteiger partial charge on any atom is -0.481 e. The third-order valence-corrected chi connectivity index (χ3v) is 4.51. The van der Waals surface area contributed by atoms with Crippen molar-refractivity contribution in [3.63, 3.8) is 0 Å². The summed E-state index contributed by atoms with van der Waals surface area (Å²) in [6.07, 6.45) is 2.58. The van der Waals surface area contributed by atoms with Gasteiger partial charge < -0.3 is 9.84 Å². The summed E-state index contributed by atoms with van der Waals surface area (Å²) < 4.78 is 5.52. The molecule has 29 heavy (non-hydrogen) atoms. The monoisotopic (exact) mass is 394 g/mol. The molecule has 0 atom stereocenters.